The highest BCUT2D eigenvalue weighted by Crippen LogP contribution is 2.30. The maximum absolute atomic E-state index is 12.1. The van der Waals surface area contributed by atoms with Crippen LogP contribution >= 0.6 is 0 Å². The lowest BCUT2D eigenvalue weighted by molar-refractivity contribution is -0.127. The molecular weight excluding hydrogens is 290 g/mol. The molecule has 8 heteroatoms. The first kappa shape index (κ1) is 15.9. The fourth-order valence-corrected chi connectivity index (χ4v) is 2.22. The van der Waals surface area contributed by atoms with Gasteiger partial charge < -0.3 is 30.6 Å². The van der Waals surface area contributed by atoms with Crippen molar-refractivity contribution < 1.29 is 23.8 Å². The summed E-state index contributed by atoms with van der Waals surface area (Å²) in [5.41, 5.74) is 4.99. The molecule has 2 rings (SSSR count). The van der Waals surface area contributed by atoms with E-state index in [4.69, 9.17) is 19.9 Å². The zero-order valence-electron chi connectivity index (χ0n) is 12.5. The van der Waals surface area contributed by atoms with E-state index >= 15 is 0 Å². The van der Waals surface area contributed by atoms with Gasteiger partial charge in [-0.3, -0.25) is 4.79 Å². The summed E-state index contributed by atoms with van der Waals surface area (Å²) in [6.45, 7) is 0.518. The lowest BCUT2D eigenvalue weighted by atomic mass is 9.93. The highest BCUT2D eigenvalue weighted by Gasteiger charge is 2.41. The van der Waals surface area contributed by atoms with Gasteiger partial charge in [0.2, 0.25) is 5.91 Å². The summed E-state index contributed by atoms with van der Waals surface area (Å²) < 4.78 is 15.4. The Bertz CT molecular complexity index is 572. The first-order valence-electron chi connectivity index (χ1n) is 6.65. The van der Waals surface area contributed by atoms with Gasteiger partial charge in [0.15, 0.2) is 11.5 Å². The van der Waals surface area contributed by atoms with Crippen LogP contribution in [0, 0.1) is 0 Å². The Labute approximate surface area is 127 Å². The first-order valence-corrected chi connectivity index (χ1v) is 6.65. The molecule has 1 fully saturated rings. The van der Waals surface area contributed by atoms with Crippen molar-refractivity contribution in [2.45, 2.75) is 12.0 Å². The quantitative estimate of drug-likeness (QED) is 0.707. The second-order valence-corrected chi connectivity index (χ2v) is 5.07. The molecular formula is C14H19N3O5. The molecule has 22 heavy (non-hydrogen) atoms. The molecule has 1 aromatic rings. The number of ether oxygens (including phenoxy) is 3. The van der Waals surface area contributed by atoms with E-state index in [0.717, 1.165) is 0 Å². The molecule has 0 unspecified atom stereocenters. The number of anilines is 1. The molecule has 8 nitrogen and oxygen atoms in total. The third kappa shape index (κ3) is 3.59. The largest absolute Gasteiger partial charge is 0.493 e. The Morgan fingerprint density at radius 1 is 1.27 bits per heavy atom. The average molecular weight is 309 g/mol. The molecule has 0 atom stereocenters. The summed E-state index contributed by atoms with van der Waals surface area (Å²) in [7, 11) is 3.04. The molecule has 0 aliphatic carbocycles. The van der Waals surface area contributed by atoms with Crippen LogP contribution in [0.4, 0.5) is 10.5 Å². The number of rotatable bonds is 6. The van der Waals surface area contributed by atoms with E-state index in [1.165, 1.54) is 14.2 Å². The monoisotopic (exact) mass is 309 g/mol. The minimum Gasteiger partial charge on any atom is -0.493 e. The Balaban J connectivity index is 2.01. The smallest absolute Gasteiger partial charge is 0.319 e. The zero-order valence-corrected chi connectivity index (χ0v) is 12.5. The van der Waals surface area contributed by atoms with Crippen LogP contribution < -0.4 is 25.8 Å². The molecule has 4 N–H and O–H groups in total. The van der Waals surface area contributed by atoms with E-state index in [-0.39, 0.29) is 19.6 Å². The molecule has 0 spiro atoms. The van der Waals surface area contributed by atoms with E-state index in [1.54, 1.807) is 18.2 Å². The van der Waals surface area contributed by atoms with Gasteiger partial charge in [0.25, 0.3) is 0 Å². The Morgan fingerprint density at radius 3 is 2.45 bits per heavy atom. The number of amides is 3. The van der Waals surface area contributed by atoms with Crippen LogP contribution in [0.15, 0.2) is 18.2 Å². The van der Waals surface area contributed by atoms with Gasteiger partial charge in [0.1, 0.15) is 0 Å². The SMILES string of the molecule is COc1ccc(NC(=O)NC2(CC(N)=O)COC2)cc1OC. The molecule has 1 saturated heterocycles. The van der Waals surface area contributed by atoms with Crippen molar-refractivity contribution in [3.8, 4) is 11.5 Å². The molecule has 1 aromatic carbocycles. The van der Waals surface area contributed by atoms with Crippen molar-refractivity contribution in [1.29, 1.82) is 0 Å². The van der Waals surface area contributed by atoms with E-state index in [0.29, 0.717) is 17.2 Å². The summed E-state index contributed by atoms with van der Waals surface area (Å²) in [4.78, 5) is 23.1. The van der Waals surface area contributed by atoms with Crippen LogP contribution in [0.2, 0.25) is 0 Å². The number of primary amides is 1. The van der Waals surface area contributed by atoms with Crippen molar-refractivity contribution >= 4 is 17.6 Å². The minimum atomic E-state index is -0.730. The molecule has 0 aromatic heterocycles. The van der Waals surface area contributed by atoms with Crippen LogP contribution in [0.1, 0.15) is 6.42 Å². The number of hydrogen-bond acceptors (Lipinski definition) is 5. The topological polar surface area (TPSA) is 112 Å². The number of carbonyl (C=O) groups is 2. The molecule has 0 radical (unpaired) electrons. The Kier molecular flexibility index (Phi) is 4.71. The first-order chi connectivity index (χ1) is 10.5. The van der Waals surface area contributed by atoms with Crippen molar-refractivity contribution in [1.82, 2.24) is 5.32 Å². The van der Waals surface area contributed by atoms with Crippen molar-refractivity contribution in [2.75, 3.05) is 32.8 Å². The zero-order chi connectivity index (χ0) is 16.2. The van der Waals surface area contributed by atoms with Crippen LogP contribution in [-0.4, -0.2) is 44.9 Å². The van der Waals surface area contributed by atoms with Gasteiger partial charge >= 0.3 is 6.03 Å². The summed E-state index contributed by atoms with van der Waals surface area (Å²) >= 11 is 0. The predicted octanol–water partition coefficient (Wildman–Crippen LogP) is 0.470. The predicted molar refractivity (Wildman–Crippen MR) is 79.1 cm³/mol. The second-order valence-electron chi connectivity index (χ2n) is 5.07. The summed E-state index contributed by atoms with van der Waals surface area (Å²) in [6.07, 6.45) is 0.0341. The van der Waals surface area contributed by atoms with Gasteiger partial charge in [-0.05, 0) is 12.1 Å². The minimum absolute atomic E-state index is 0.0341. The van der Waals surface area contributed by atoms with E-state index in [2.05, 4.69) is 10.6 Å². The standard InChI is InChI=1S/C14H19N3O5/c1-20-10-4-3-9(5-11(10)21-2)16-13(19)17-14(6-12(15)18)7-22-8-14/h3-5H,6-8H2,1-2H3,(H2,15,18)(H2,16,17,19). The third-order valence-corrected chi connectivity index (χ3v) is 3.29. The maximum Gasteiger partial charge on any atom is 0.319 e. The molecule has 0 saturated carbocycles. The summed E-state index contributed by atoms with van der Waals surface area (Å²) in [5, 5.41) is 5.40. The number of nitrogens with one attached hydrogen (secondary N) is 2. The van der Waals surface area contributed by atoms with Crippen molar-refractivity contribution in [3.05, 3.63) is 18.2 Å². The van der Waals surface area contributed by atoms with E-state index in [1.807, 2.05) is 0 Å². The van der Waals surface area contributed by atoms with Crippen LogP contribution in [0.3, 0.4) is 0 Å². The molecule has 1 aliphatic rings. The highest BCUT2D eigenvalue weighted by atomic mass is 16.5. The highest BCUT2D eigenvalue weighted by molar-refractivity contribution is 5.91. The fourth-order valence-electron chi connectivity index (χ4n) is 2.22. The van der Waals surface area contributed by atoms with E-state index < -0.39 is 17.5 Å². The molecule has 1 aliphatic heterocycles. The van der Waals surface area contributed by atoms with Gasteiger partial charge in [-0.2, -0.15) is 0 Å². The summed E-state index contributed by atoms with van der Waals surface area (Å²) in [5.74, 6) is 0.569. The van der Waals surface area contributed by atoms with Crippen molar-refractivity contribution in [3.63, 3.8) is 0 Å². The fraction of sp³-hybridized carbons (Fsp3) is 0.429. The van der Waals surface area contributed by atoms with Crippen LogP contribution in [-0.2, 0) is 9.53 Å². The van der Waals surface area contributed by atoms with E-state index in [9.17, 15) is 9.59 Å². The van der Waals surface area contributed by atoms with Gasteiger partial charge in [-0.1, -0.05) is 0 Å². The second kappa shape index (κ2) is 6.52. The number of hydrogen-bond donors (Lipinski definition) is 3. The molecule has 1 heterocycles. The van der Waals surface area contributed by atoms with Crippen LogP contribution in [0.25, 0.3) is 0 Å². The Hall–Kier alpha value is -2.48. The van der Waals surface area contributed by atoms with Gasteiger partial charge in [-0.15, -0.1) is 0 Å². The number of methoxy groups -OCH3 is 2. The van der Waals surface area contributed by atoms with Crippen LogP contribution in [0.5, 0.6) is 11.5 Å². The maximum atomic E-state index is 12.1. The number of urea groups is 1. The van der Waals surface area contributed by atoms with Gasteiger partial charge in [-0.25, -0.2) is 4.79 Å². The molecule has 120 valence electrons. The number of nitrogens with two attached hydrogens (primary N) is 1. The number of carbonyl (C=O) groups excluding carboxylic acids is 2. The Morgan fingerprint density at radius 2 is 1.95 bits per heavy atom. The normalized spacial score (nSPS) is 15.4. The molecule has 3 amide bonds. The third-order valence-electron chi connectivity index (χ3n) is 3.29. The van der Waals surface area contributed by atoms with Gasteiger partial charge in [0, 0.05) is 11.8 Å². The lowest BCUT2D eigenvalue weighted by Crippen LogP contribution is -2.64. The van der Waals surface area contributed by atoms with Crippen molar-refractivity contribution in [2.24, 2.45) is 5.73 Å². The lowest BCUT2D eigenvalue weighted by Gasteiger charge is -2.41. The molecule has 0 bridgehead atoms. The summed E-state index contributed by atoms with van der Waals surface area (Å²) in [6, 6.07) is 4.55. The average Bonchev–Trinajstić information content (AvgIpc) is 2.44. The number of benzene rings is 1. The van der Waals surface area contributed by atoms with Gasteiger partial charge in [0.05, 0.1) is 39.4 Å².